The summed E-state index contributed by atoms with van der Waals surface area (Å²) >= 11 is 0. The Labute approximate surface area is 112 Å². The minimum Gasteiger partial charge on any atom is -0.359 e. The molecule has 0 amide bonds. The van der Waals surface area contributed by atoms with Gasteiger partial charge in [0.1, 0.15) is 6.42 Å². The van der Waals surface area contributed by atoms with E-state index in [0.29, 0.717) is 0 Å². The van der Waals surface area contributed by atoms with E-state index >= 15 is 0 Å². The third kappa shape index (κ3) is 2.75. The summed E-state index contributed by atoms with van der Waals surface area (Å²) in [6.45, 7) is 1.07. The Morgan fingerprint density at radius 3 is 3.05 bits per heavy atom. The second-order valence-corrected chi connectivity index (χ2v) is 4.66. The highest BCUT2D eigenvalue weighted by molar-refractivity contribution is 5.50. The van der Waals surface area contributed by atoms with Crippen molar-refractivity contribution in [3.8, 4) is 0 Å². The second-order valence-electron chi connectivity index (χ2n) is 4.66. The first-order chi connectivity index (χ1) is 9.51. The van der Waals surface area contributed by atoms with Gasteiger partial charge in [0, 0.05) is 6.54 Å². The van der Waals surface area contributed by atoms with Gasteiger partial charge in [-0.1, -0.05) is 5.16 Å². The number of nitrogens with zero attached hydrogens (tertiary/aromatic N) is 4. The molecule has 0 radical (unpaired) electrons. The maximum Gasteiger partial charge on any atom is 0.396 e. The van der Waals surface area contributed by atoms with Crippen molar-refractivity contribution in [2.24, 2.45) is 0 Å². The van der Waals surface area contributed by atoms with E-state index in [4.69, 9.17) is 4.52 Å². The van der Waals surface area contributed by atoms with Gasteiger partial charge in [0.2, 0.25) is 5.89 Å². The quantitative estimate of drug-likeness (QED) is 0.932. The maximum atomic E-state index is 12.2. The van der Waals surface area contributed by atoms with E-state index in [1.165, 1.54) is 0 Å². The summed E-state index contributed by atoms with van der Waals surface area (Å²) in [6.07, 6.45) is -1.95. The SMILES string of the molecule is FC(F)(F)Cc1noc(CN2CCCc3[nH]ncc32)n1. The van der Waals surface area contributed by atoms with Gasteiger partial charge in [0.15, 0.2) is 5.82 Å². The Kier molecular flexibility index (Phi) is 3.11. The molecule has 0 aromatic carbocycles. The molecule has 0 atom stereocenters. The first-order valence-electron chi connectivity index (χ1n) is 6.17. The molecule has 0 fully saturated rings. The van der Waals surface area contributed by atoms with Crippen molar-refractivity contribution in [1.29, 1.82) is 0 Å². The summed E-state index contributed by atoms with van der Waals surface area (Å²) in [5.41, 5.74) is 1.96. The van der Waals surface area contributed by atoms with Gasteiger partial charge in [-0.2, -0.15) is 23.3 Å². The molecule has 3 heterocycles. The van der Waals surface area contributed by atoms with Crippen LogP contribution in [0, 0.1) is 0 Å². The number of H-pyrrole nitrogens is 1. The van der Waals surface area contributed by atoms with Crippen LogP contribution in [-0.4, -0.2) is 33.1 Å². The zero-order chi connectivity index (χ0) is 14.2. The monoisotopic (exact) mass is 287 g/mol. The molecule has 0 spiro atoms. The Hall–Kier alpha value is -2.06. The molecular weight excluding hydrogens is 275 g/mol. The van der Waals surface area contributed by atoms with Crippen LogP contribution in [0.5, 0.6) is 0 Å². The van der Waals surface area contributed by atoms with E-state index < -0.39 is 12.6 Å². The van der Waals surface area contributed by atoms with Gasteiger partial charge in [-0.05, 0) is 12.8 Å². The lowest BCUT2D eigenvalue weighted by molar-refractivity contribution is -0.128. The number of nitrogens with one attached hydrogen (secondary N) is 1. The molecule has 108 valence electrons. The molecule has 20 heavy (non-hydrogen) atoms. The predicted octanol–water partition coefficient (Wildman–Crippen LogP) is 1.85. The molecule has 1 aliphatic rings. The van der Waals surface area contributed by atoms with E-state index in [1.807, 2.05) is 4.90 Å². The van der Waals surface area contributed by atoms with Gasteiger partial charge in [-0.25, -0.2) is 0 Å². The topological polar surface area (TPSA) is 70.8 Å². The molecule has 3 rings (SSSR count). The first kappa shape index (κ1) is 12.9. The van der Waals surface area contributed by atoms with Crippen molar-refractivity contribution >= 4 is 5.69 Å². The molecular formula is C11H12F3N5O. The molecule has 0 aliphatic carbocycles. The predicted molar refractivity (Wildman–Crippen MR) is 62.0 cm³/mol. The van der Waals surface area contributed by atoms with Crippen molar-refractivity contribution in [2.45, 2.75) is 32.0 Å². The van der Waals surface area contributed by atoms with Gasteiger partial charge < -0.3 is 9.42 Å². The number of hydrogen-bond acceptors (Lipinski definition) is 5. The van der Waals surface area contributed by atoms with Crippen molar-refractivity contribution in [2.75, 3.05) is 11.4 Å². The lowest BCUT2D eigenvalue weighted by atomic mass is 10.1. The van der Waals surface area contributed by atoms with Crippen LogP contribution in [0.2, 0.25) is 0 Å². The Morgan fingerprint density at radius 1 is 1.40 bits per heavy atom. The Balaban J connectivity index is 1.71. The Bertz CT molecular complexity index is 591. The third-order valence-electron chi connectivity index (χ3n) is 3.09. The van der Waals surface area contributed by atoms with Crippen LogP contribution in [0.15, 0.2) is 10.7 Å². The number of fused-ring (bicyclic) bond motifs is 1. The van der Waals surface area contributed by atoms with Gasteiger partial charge in [0.05, 0.1) is 24.1 Å². The summed E-state index contributed by atoms with van der Waals surface area (Å²) in [5.74, 6) is -0.157. The van der Waals surface area contributed by atoms with Gasteiger partial charge in [-0.15, -0.1) is 0 Å². The lowest BCUT2D eigenvalue weighted by Gasteiger charge is -2.26. The van der Waals surface area contributed by atoms with Gasteiger partial charge in [-0.3, -0.25) is 5.10 Å². The molecule has 1 aliphatic heterocycles. The van der Waals surface area contributed by atoms with Crippen LogP contribution >= 0.6 is 0 Å². The van der Waals surface area contributed by atoms with Crippen molar-refractivity contribution in [3.05, 3.63) is 23.6 Å². The van der Waals surface area contributed by atoms with Crippen LogP contribution in [0.4, 0.5) is 18.9 Å². The average Bonchev–Trinajstić information content (AvgIpc) is 2.96. The minimum atomic E-state index is -4.33. The van der Waals surface area contributed by atoms with Crippen LogP contribution in [0.1, 0.15) is 23.8 Å². The number of aromatic amines is 1. The zero-order valence-electron chi connectivity index (χ0n) is 10.4. The van der Waals surface area contributed by atoms with Crippen LogP contribution in [0.25, 0.3) is 0 Å². The summed E-state index contributed by atoms with van der Waals surface area (Å²) < 4.78 is 41.5. The van der Waals surface area contributed by atoms with E-state index in [1.54, 1.807) is 6.20 Å². The van der Waals surface area contributed by atoms with E-state index in [-0.39, 0.29) is 18.3 Å². The number of aromatic nitrogens is 4. The van der Waals surface area contributed by atoms with Crippen molar-refractivity contribution < 1.29 is 17.7 Å². The number of aryl methyl sites for hydroxylation is 1. The third-order valence-corrected chi connectivity index (χ3v) is 3.09. The lowest BCUT2D eigenvalue weighted by Crippen LogP contribution is -2.28. The minimum absolute atomic E-state index is 0.179. The summed E-state index contributed by atoms with van der Waals surface area (Å²) in [6, 6.07) is 0. The van der Waals surface area contributed by atoms with E-state index in [9.17, 15) is 13.2 Å². The van der Waals surface area contributed by atoms with E-state index in [0.717, 1.165) is 30.8 Å². The molecule has 0 saturated carbocycles. The molecule has 1 N–H and O–H groups in total. The zero-order valence-corrected chi connectivity index (χ0v) is 10.4. The highest BCUT2D eigenvalue weighted by atomic mass is 19.4. The van der Waals surface area contributed by atoms with Crippen molar-refractivity contribution in [3.63, 3.8) is 0 Å². The number of alkyl halides is 3. The molecule has 9 heteroatoms. The Morgan fingerprint density at radius 2 is 2.25 bits per heavy atom. The van der Waals surface area contributed by atoms with Gasteiger partial charge >= 0.3 is 6.18 Å². The van der Waals surface area contributed by atoms with E-state index in [2.05, 4.69) is 20.3 Å². The molecule has 0 saturated heterocycles. The number of hydrogen-bond donors (Lipinski definition) is 1. The number of rotatable bonds is 3. The van der Waals surface area contributed by atoms with Crippen molar-refractivity contribution in [1.82, 2.24) is 20.3 Å². The van der Waals surface area contributed by atoms with Crippen LogP contribution in [0.3, 0.4) is 0 Å². The largest absolute Gasteiger partial charge is 0.396 e. The standard InChI is InChI=1S/C11H12F3N5O/c12-11(13,14)4-9-16-10(20-18-9)6-19-3-1-2-7-8(19)5-15-17-7/h5H,1-4,6H2,(H,15,17). The molecule has 2 aromatic heterocycles. The highest BCUT2D eigenvalue weighted by Gasteiger charge is 2.31. The first-order valence-corrected chi connectivity index (χ1v) is 6.17. The smallest absolute Gasteiger partial charge is 0.359 e. The average molecular weight is 287 g/mol. The highest BCUT2D eigenvalue weighted by Crippen LogP contribution is 2.26. The molecule has 0 bridgehead atoms. The fourth-order valence-corrected chi connectivity index (χ4v) is 2.26. The van der Waals surface area contributed by atoms with Crippen LogP contribution < -0.4 is 4.90 Å². The fraction of sp³-hybridized carbons (Fsp3) is 0.545. The molecule has 6 nitrogen and oxygen atoms in total. The molecule has 0 unspecified atom stereocenters. The van der Waals surface area contributed by atoms with Crippen LogP contribution in [-0.2, 0) is 19.4 Å². The maximum absolute atomic E-state index is 12.2. The number of anilines is 1. The van der Waals surface area contributed by atoms with Gasteiger partial charge in [0.25, 0.3) is 0 Å². The summed E-state index contributed by atoms with van der Waals surface area (Å²) in [7, 11) is 0. The normalized spacial score (nSPS) is 15.4. The summed E-state index contributed by atoms with van der Waals surface area (Å²) in [5, 5.41) is 10.2. The number of halogens is 3. The fourth-order valence-electron chi connectivity index (χ4n) is 2.26. The second kappa shape index (κ2) is 4.80. The summed E-state index contributed by atoms with van der Waals surface area (Å²) in [4.78, 5) is 5.74. The molecule has 2 aromatic rings.